The lowest BCUT2D eigenvalue weighted by molar-refractivity contribution is 0.0632. The first-order chi connectivity index (χ1) is 15.0. The molecule has 0 unspecified atom stereocenters. The van der Waals surface area contributed by atoms with E-state index in [9.17, 15) is 4.79 Å². The summed E-state index contributed by atoms with van der Waals surface area (Å²) >= 11 is 6.34. The molecule has 3 heterocycles. The van der Waals surface area contributed by atoms with Crippen molar-refractivity contribution >= 4 is 17.5 Å². The summed E-state index contributed by atoms with van der Waals surface area (Å²) in [4.78, 5) is 22.0. The second-order valence-corrected chi connectivity index (χ2v) is 8.62. The van der Waals surface area contributed by atoms with E-state index in [1.807, 2.05) is 35.5 Å². The average Bonchev–Trinajstić information content (AvgIpc) is 3.39. The lowest BCUT2D eigenvalue weighted by atomic mass is 10.0. The Labute approximate surface area is 187 Å². The quantitative estimate of drug-likeness (QED) is 0.576. The van der Waals surface area contributed by atoms with Gasteiger partial charge in [0, 0.05) is 63.1 Å². The second kappa shape index (κ2) is 9.24. The number of nitrogens with zero attached hydrogens (tertiary/aromatic N) is 5. The molecule has 3 aromatic rings. The molecule has 1 fully saturated rings. The van der Waals surface area contributed by atoms with E-state index in [0.717, 1.165) is 32.0 Å². The molecule has 0 aliphatic carbocycles. The van der Waals surface area contributed by atoms with Crippen molar-refractivity contribution in [2.24, 2.45) is 0 Å². The molecule has 1 saturated heterocycles. The van der Waals surface area contributed by atoms with Gasteiger partial charge in [0.25, 0.3) is 5.91 Å². The van der Waals surface area contributed by atoms with Gasteiger partial charge in [-0.1, -0.05) is 48.8 Å². The summed E-state index contributed by atoms with van der Waals surface area (Å²) in [5.74, 6) is 1.99. The summed E-state index contributed by atoms with van der Waals surface area (Å²) in [6.45, 7) is 11.0. The van der Waals surface area contributed by atoms with Crippen LogP contribution in [0.1, 0.15) is 41.7 Å². The topological polar surface area (TPSA) is 67.4 Å². The highest BCUT2D eigenvalue weighted by atomic mass is 35.5. The Balaban J connectivity index is 1.40. The molecule has 0 N–H and O–H groups in total. The van der Waals surface area contributed by atoms with Gasteiger partial charge >= 0.3 is 0 Å². The van der Waals surface area contributed by atoms with Gasteiger partial charge < -0.3 is 14.0 Å². The van der Waals surface area contributed by atoms with Crippen molar-refractivity contribution < 1.29 is 9.32 Å². The van der Waals surface area contributed by atoms with Crippen molar-refractivity contribution in [2.75, 3.05) is 32.7 Å². The minimum absolute atomic E-state index is 0.0509. The number of rotatable bonds is 6. The first kappa shape index (κ1) is 21.6. The van der Waals surface area contributed by atoms with Gasteiger partial charge in [-0.25, -0.2) is 4.98 Å². The van der Waals surface area contributed by atoms with Crippen LogP contribution in [0, 0.1) is 6.92 Å². The van der Waals surface area contributed by atoms with E-state index in [4.69, 9.17) is 16.1 Å². The van der Waals surface area contributed by atoms with Gasteiger partial charge in [-0.15, -0.1) is 0 Å². The maximum atomic E-state index is 13.3. The maximum absolute atomic E-state index is 13.3. The molecule has 4 rings (SSSR count). The Kier molecular flexibility index (Phi) is 6.43. The lowest BCUT2D eigenvalue weighted by Gasteiger charge is -2.34. The fraction of sp³-hybridized carbons (Fsp3) is 0.435. The number of hydrogen-bond acceptors (Lipinski definition) is 5. The van der Waals surface area contributed by atoms with Crippen molar-refractivity contribution in [2.45, 2.75) is 33.2 Å². The Hall–Kier alpha value is -2.64. The number of piperazine rings is 1. The van der Waals surface area contributed by atoms with Crippen molar-refractivity contribution in [1.29, 1.82) is 0 Å². The summed E-state index contributed by atoms with van der Waals surface area (Å²) in [5.41, 5.74) is 1.72. The van der Waals surface area contributed by atoms with E-state index in [-0.39, 0.29) is 5.91 Å². The molecule has 0 saturated carbocycles. The lowest BCUT2D eigenvalue weighted by Crippen LogP contribution is -2.49. The number of hydrogen-bond donors (Lipinski definition) is 0. The zero-order valence-electron chi connectivity index (χ0n) is 18.2. The third-order valence-corrected chi connectivity index (χ3v) is 6.12. The predicted molar refractivity (Wildman–Crippen MR) is 120 cm³/mol. The van der Waals surface area contributed by atoms with Crippen LogP contribution in [0.4, 0.5) is 0 Å². The van der Waals surface area contributed by atoms with Crippen LogP contribution < -0.4 is 0 Å². The van der Waals surface area contributed by atoms with Crippen molar-refractivity contribution in [1.82, 2.24) is 24.5 Å². The monoisotopic (exact) mass is 441 g/mol. The molecule has 7 nitrogen and oxygen atoms in total. The summed E-state index contributed by atoms with van der Waals surface area (Å²) in [6.07, 6.45) is 3.91. The Morgan fingerprint density at radius 2 is 1.90 bits per heavy atom. The molecule has 1 amide bonds. The Bertz CT molecular complexity index is 1050. The van der Waals surface area contributed by atoms with Gasteiger partial charge in [-0.3, -0.25) is 9.69 Å². The molecule has 0 spiro atoms. The normalized spacial score (nSPS) is 15.1. The molecule has 1 aromatic carbocycles. The third kappa shape index (κ3) is 4.52. The third-order valence-electron chi connectivity index (χ3n) is 5.79. The van der Waals surface area contributed by atoms with Crippen LogP contribution >= 0.6 is 11.6 Å². The molecule has 1 aliphatic heterocycles. The molecule has 0 atom stereocenters. The van der Waals surface area contributed by atoms with E-state index >= 15 is 0 Å². The van der Waals surface area contributed by atoms with Gasteiger partial charge in [0.1, 0.15) is 22.8 Å². The maximum Gasteiger partial charge on any atom is 0.259 e. The van der Waals surface area contributed by atoms with E-state index in [1.54, 1.807) is 13.0 Å². The largest absolute Gasteiger partial charge is 0.360 e. The number of aromatic nitrogens is 3. The van der Waals surface area contributed by atoms with Gasteiger partial charge in [0.15, 0.2) is 0 Å². The molecule has 2 aromatic heterocycles. The predicted octanol–water partition coefficient (Wildman–Crippen LogP) is 4.08. The zero-order valence-corrected chi connectivity index (χ0v) is 19.0. The summed E-state index contributed by atoms with van der Waals surface area (Å²) in [6, 6.07) is 7.38. The molecule has 164 valence electrons. The number of halogens is 1. The SMILES string of the molecule is Cc1onc(-c2ccccc2Cl)c1C(=O)N1CCN(CCn2ccnc2C(C)C)CC1. The van der Waals surface area contributed by atoms with Crippen molar-refractivity contribution in [3.05, 3.63) is 58.8 Å². The average molecular weight is 442 g/mol. The number of imidazole rings is 1. The molecule has 8 heteroatoms. The van der Waals surface area contributed by atoms with Crippen LogP contribution in [-0.4, -0.2) is 63.1 Å². The first-order valence-corrected chi connectivity index (χ1v) is 11.1. The molecule has 0 bridgehead atoms. The molecule has 31 heavy (non-hydrogen) atoms. The van der Waals surface area contributed by atoms with E-state index in [1.165, 1.54) is 0 Å². The standard InChI is InChI=1S/C23H28ClN5O2/c1-16(2)22-25-8-9-28(22)13-10-27-11-14-29(15-12-27)23(30)20-17(3)31-26-21(20)18-6-4-5-7-19(18)24/h4-9,16H,10-15H2,1-3H3. The summed E-state index contributed by atoms with van der Waals surface area (Å²) in [7, 11) is 0. The number of carbonyl (C=O) groups excluding carboxylic acids is 1. The van der Waals surface area contributed by atoms with Crippen molar-refractivity contribution in [3.63, 3.8) is 0 Å². The molecule has 1 aliphatic rings. The number of amides is 1. The van der Waals surface area contributed by atoms with Crippen molar-refractivity contribution in [3.8, 4) is 11.3 Å². The highest BCUT2D eigenvalue weighted by Gasteiger charge is 2.29. The Morgan fingerprint density at radius 1 is 1.16 bits per heavy atom. The fourth-order valence-electron chi connectivity index (χ4n) is 4.05. The molecular formula is C23H28ClN5O2. The Morgan fingerprint density at radius 3 is 2.61 bits per heavy atom. The fourth-order valence-corrected chi connectivity index (χ4v) is 4.28. The number of aryl methyl sites for hydroxylation is 1. The van der Waals surface area contributed by atoms with Gasteiger partial charge in [-0.05, 0) is 13.0 Å². The highest BCUT2D eigenvalue weighted by Crippen LogP contribution is 2.31. The number of benzene rings is 1. The van der Waals surface area contributed by atoms with Crippen LogP contribution in [0.15, 0.2) is 41.2 Å². The van der Waals surface area contributed by atoms with Gasteiger partial charge in [0.2, 0.25) is 0 Å². The minimum Gasteiger partial charge on any atom is -0.360 e. The van der Waals surface area contributed by atoms with Gasteiger partial charge in [-0.2, -0.15) is 0 Å². The van der Waals surface area contributed by atoms with Crippen LogP contribution in [0.5, 0.6) is 0 Å². The highest BCUT2D eigenvalue weighted by molar-refractivity contribution is 6.33. The smallest absolute Gasteiger partial charge is 0.259 e. The summed E-state index contributed by atoms with van der Waals surface area (Å²) < 4.78 is 7.59. The van der Waals surface area contributed by atoms with E-state index in [0.29, 0.717) is 46.6 Å². The zero-order chi connectivity index (χ0) is 22.0. The van der Waals surface area contributed by atoms with Gasteiger partial charge in [0.05, 0.1) is 5.02 Å². The first-order valence-electron chi connectivity index (χ1n) is 10.7. The van der Waals surface area contributed by atoms with Crippen LogP contribution in [0.3, 0.4) is 0 Å². The second-order valence-electron chi connectivity index (χ2n) is 8.21. The summed E-state index contributed by atoms with van der Waals surface area (Å²) in [5, 5.41) is 4.68. The van der Waals surface area contributed by atoms with Crippen LogP contribution in [-0.2, 0) is 6.54 Å². The van der Waals surface area contributed by atoms with Crippen LogP contribution in [0.2, 0.25) is 5.02 Å². The van der Waals surface area contributed by atoms with E-state index < -0.39 is 0 Å². The molecule has 0 radical (unpaired) electrons. The van der Waals surface area contributed by atoms with Crippen LogP contribution in [0.25, 0.3) is 11.3 Å². The minimum atomic E-state index is -0.0509. The molecular weight excluding hydrogens is 414 g/mol. The van der Waals surface area contributed by atoms with E-state index in [2.05, 4.69) is 33.5 Å². The number of carbonyl (C=O) groups is 1.